The second kappa shape index (κ2) is 7.63. The highest BCUT2D eigenvalue weighted by molar-refractivity contribution is 5.20. The molecule has 1 fully saturated rings. The number of nitrogens with zero attached hydrogens (tertiary/aromatic N) is 1. The summed E-state index contributed by atoms with van der Waals surface area (Å²) in [5.41, 5.74) is 1.22. The van der Waals surface area contributed by atoms with E-state index in [0.29, 0.717) is 12.1 Å². The van der Waals surface area contributed by atoms with Gasteiger partial charge in [0.15, 0.2) is 0 Å². The fourth-order valence-electron chi connectivity index (χ4n) is 3.03. The lowest BCUT2D eigenvalue weighted by Crippen LogP contribution is -2.25. The molecule has 1 saturated carbocycles. The lowest BCUT2D eigenvalue weighted by molar-refractivity contribution is 0.117. The smallest absolute Gasteiger partial charge is 0.213 e. The molecule has 0 amide bonds. The Hall–Kier alpha value is -1.09. The Bertz CT molecular complexity index is 390. The van der Waals surface area contributed by atoms with Crippen molar-refractivity contribution in [3.05, 3.63) is 23.9 Å². The van der Waals surface area contributed by atoms with E-state index in [9.17, 15) is 0 Å². The van der Waals surface area contributed by atoms with Gasteiger partial charge in [0.25, 0.3) is 0 Å². The molecule has 0 aliphatic heterocycles. The fraction of sp³-hybridized carbons (Fsp3) is 0.706. The van der Waals surface area contributed by atoms with Crippen molar-refractivity contribution in [2.24, 2.45) is 5.92 Å². The Balaban J connectivity index is 1.90. The van der Waals surface area contributed by atoms with Crippen molar-refractivity contribution in [1.82, 2.24) is 10.3 Å². The summed E-state index contributed by atoms with van der Waals surface area (Å²) in [6.07, 6.45) is 8.58. The molecule has 0 saturated heterocycles. The average Bonchev–Trinajstić information content (AvgIpc) is 2.48. The average molecular weight is 276 g/mol. The minimum Gasteiger partial charge on any atom is -0.474 e. The Morgan fingerprint density at radius 1 is 1.35 bits per heavy atom. The van der Waals surface area contributed by atoms with Gasteiger partial charge >= 0.3 is 0 Å². The zero-order valence-electron chi connectivity index (χ0n) is 13.1. The third-order valence-corrected chi connectivity index (χ3v) is 4.37. The molecule has 0 bridgehead atoms. The highest BCUT2D eigenvalue weighted by atomic mass is 16.5. The van der Waals surface area contributed by atoms with Gasteiger partial charge in [0.1, 0.15) is 6.10 Å². The van der Waals surface area contributed by atoms with Gasteiger partial charge in [-0.2, -0.15) is 0 Å². The van der Waals surface area contributed by atoms with Crippen LogP contribution in [0.15, 0.2) is 18.3 Å². The Labute approximate surface area is 123 Å². The van der Waals surface area contributed by atoms with Gasteiger partial charge in [-0.05, 0) is 44.2 Å². The first kappa shape index (κ1) is 15.3. The quantitative estimate of drug-likeness (QED) is 0.849. The molecule has 3 heteroatoms. The second-order valence-corrected chi connectivity index (χ2v) is 5.89. The van der Waals surface area contributed by atoms with Gasteiger partial charge in [-0.25, -0.2) is 4.98 Å². The summed E-state index contributed by atoms with van der Waals surface area (Å²) < 4.78 is 6.05. The largest absolute Gasteiger partial charge is 0.474 e. The summed E-state index contributed by atoms with van der Waals surface area (Å²) in [5.74, 6) is 1.61. The van der Waals surface area contributed by atoms with Crippen LogP contribution in [-0.4, -0.2) is 17.6 Å². The van der Waals surface area contributed by atoms with Crippen molar-refractivity contribution in [3.63, 3.8) is 0 Å². The summed E-state index contributed by atoms with van der Waals surface area (Å²) in [7, 11) is 0. The molecule has 112 valence electrons. The van der Waals surface area contributed by atoms with E-state index in [2.05, 4.69) is 37.1 Å². The third-order valence-electron chi connectivity index (χ3n) is 4.37. The van der Waals surface area contributed by atoms with Crippen LogP contribution in [-0.2, 0) is 0 Å². The van der Waals surface area contributed by atoms with Gasteiger partial charge in [-0.3, -0.25) is 0 Å². The number of rotatable bonds is 6. The van der Waals surface area contributed by atoms with Crippen LogP contribution in [0, 0.1) is 5.92 Å². The molecule has 20 heavy (non-hydrogen) atoms. The van der Waals surface area contributed by atoms with Crippen molar-refractivity contribution in [1.29, 1.82) is 0 Å². The summed E-state index contributed by atoms with van der Waals surface area (Å²) in [6, 6.07) is 4.48. The van der Waals surface area contributed by atoms with E-state index in [4.69, 9.17) is 4.74 Å². The number of aromatic nitrogens is 1. The Kier molecular flexibility index (Phi) is 5.84. The maximum Gasteiger partial charge on any atom is 0.213 e. The van der Waals surface area contributed by atoms with Crippen LogP contribution >= 0.6 is 0 Å². The SMILES string of the molecule is CCNC(C)c1ccc(OC2CCCC(CC)C2)nc1. The zero-order valence-corrected chi connectivity index (χ0v) is 13.1. The van der Waals surface area contributed by atoms with Crippen molar-refractivity contribution < 1.29 is 4.74 Å². The topological polar surface area (TPSA) is 34.1 Å². The van der Waals surface area contributed by atoms with E-state index in [0.717, 1.165) is 18.3 Å². The first-order valence-electron chi connectivity index (χ1n) is 8.08. The highest BCUT2D eigenvalue weighted by Gasteiger charge is 2.22. The predicted octanol–water partition coefficient (Wildman–Crippen LogP) is 4.10. The van der Waals surface area contributed by atoms with E-state index in [1.54, 1.807) is 0 Å². The molecule has 1 aromatic heterocycles. The summed E-state index contributed by atoms with van der Waals surface area (Å²) in [6.45, 7) is 7.53. The number of hydrogen-bond acceptors (Lipinski definition) is 3. The Morgan fingerprint density at radius 2 is 2.20 bits per heavy atom. The number of hydrogen-bond donors (Lipinski definition) is 1. The van der Waals surface area contributed by atoms with E-state index in [1.165, 1.54) is 37.7 Å². The molecule has 0 aromatic carbocycles. The van der Waals surface area contributed by atoms with Gasteiger partial charge in [-0.1, -0.05) is 32.8 Å². The highest BCUT2D eigenvalue weighted by Crippen LogP contribution is 2.29. The number of nitrogens with one attached hydrogen (secondary N) is 1. The van der Waals surface area contributed by atoms with Crippen LogP contribution in [0.5, 0.6) is 5.88 Å². The maximum atomic E-state index is 6.05. The molecule has 3 nitrogen and oxygen atoms in total. The molecule has 3 unspecified atom stereocenters. The summed E-state index contributed by atoms with van der Waals surface area (Å²) >= 11 is 0. The lowest BCUT2D eigenvalue weighted by atomic mass is 9.85. The molecule has 3 atom stereocenters. The molecule has 1 heterocycles. The van der Waals surface area contributed by atoms with Crippen molar-refractivity contribution >= 4 is 0 Å². The summed E-state index contributed by atoms with van der Waals surface area (Å²) in [4.78, 5) is 4.46. The van der Waals surface area contributed by atoms with Crippen LogP contribution in [0.1, 0.15) is 64.5 Å². The lowest BCUT2D eigenvalue weighted by Gasteiger charge is -2.28. The van der Waals surface area contributed by atoms with Gasteiger partial charge in [0.2, 0.25) is 5.88 Å². The monoisotopic (exact) mass is 276 g/mol. The molecule has 0 radical (unpaired) electrons. The van der Waals surface area contributed by atoms with Crippen molar-refractivity contribution in [3.8, 4) is 5.88 Å². The van der Waals surface area contributed by atoms with Gasteiger partial charge in [0, 0.05) is 18.3 Å². The Morgan fingerprint density at radius 3 is 2.85 bits per heavy atom. The fourth-order valence-corrected chi connectivity index (χ4v) is 3.03. The number of pyridine rings is 1. The van der Waals surface area contributed by atoms with Crippen molar-refractivity contribution in [2.75, 3.05) is 6.54 Å². The molecule has 1 N–H and O–H groups in total. The molecule has 2 rings (SSSR count). The van der Waals surface area contributed by atoms with E-state index in [1.807, 2.05) is 12.3 Å². The molecule has 0 spiro atoms. The molecule has 1 aliphatic carbocycles. The van der Waals surface area contributed by atoms with E-state index < -0.39 is 0 Å². The minimum absolute atomic E-state index is 0.348. The standard InChI is InChI=1S/C17H28N2O/c1-4-14-7-6-8-16(11-14)20-17-10-9-15(12-19-17)13(3)18-5-2/h9-10,12-14,16,18H,4-8,11H2,1-3H3. The third kappa shape index (κ3) is 4.20. The first-order chi connectivity index (χ1) is 9.72. The molecule has 1 aliphatic rings. The maximum absolute atomic E-state index is 6.05. The van der Waals surface area contributed by atoms with E-state index >= 15 is 0 Å². The van der Waals surface area contributed by atoms with Crippen LogP contribution in [0.25, 0.3) is 0 Å². The second-order valence-electron chi connectivity index (χ2n) is 5.89. The zero-order chi connectivity index (χ0) is 14.4. The predicted molar refractivity (Wildman–Crippen MR) is 83.0 cm³/mol. The molecular weight excluding hydrogens is 248 g/mol. The van der Waals surface area contributed by atoms with Crippen LogP contribution in [0.2, 0.25) is 0 Å². The molecular formula is C17H28N2O. The minimum atomic E-state index is 0.348. The van der Waals surface area contributed by atoms with E-state index in [-0.39, 0.29) is 0 Å². The van der Waals surface area contributed by atoms with Gasteiger partial charge in [-0.15, -0.1) is 0 Å². The van der Waals surface area contributed by atoms with Gasteiger partial charge in [0.05, 0.1) is 0 Å². The van der Waals surface area contributed by atoms with Crippen molar-refractivity contribution in [2.45, 2.75) is 65.0 Å². The van der Waals surface area contributed by atoms with Crippen LogP contribution in [0.4, 0.5) is 0 Å². The summed E-state index contributed by atoms with van der Waals surface area (Å²) in [5, 5.41) is 3.40. The normalized spacial score (nSPS) is 24.4. The van der Waals surface area contributed by atoms with Crippen LogP contribution < -0.4 is 10.1 Å². The molecule has 1 aromatic rings. The van der Waals surface area contributed by atoms with Gasteiger partial charge < -0.3 is 10.1 Å². The van der Waals surface area contributed by atoms with Crippen LogP contribution in [0.3, 0.4) is 0 Å². The number of ether oxygens (including phenoxy) is 1. The first-order valence-corrected chi connectivity index (χ1v) is 8.08.